The Morgan fingerprint density at radius 2 is 2.39 bits per heavy atom. The molecule has 3 heteroatoms. The van der Waals surface area contributed by atoms with Crippen molar-refractivity contribution in [1.29, 1.82) is 0 Å². The van der Waals surface area contributed by atoms with Gasteiger partial charge in [-0.25, -0.2) is 0 Å². The van der Waals surface area contributed by atoms with Crippen LogP contribution in [0.25, 0.3) is 10.8 Å². The summed E-state index contributed by atoms with van der Waals surface area (Å²) in [5.74, 6) is -1.39. The number of hydrogen-bond donors (Lipinski definition) is 1. The Bertz CT molecular complexity index is 1000. The summed E-state index contributed by atoms with van der Waals surface area (Å²) in [6.07, 6.45) is -2.51. The third-order valence-electron chi connectivity index (χ3n) is 2.12. The standard InChI is InChI=1S/C15H17NO2/c1-11(17)16-9-8-13-5-3-4-12-6-7-14(18-2)10-15(12)13/h3-7,10H,8-9H2,1-2H3,(H,16,17)/i2D3,3D,4D,5D,6D,7D,8D2,10D. The van der Waals surface area contributed by atoms with Crippen LogP contribution >= 0.6 is 0 Å². The fraction of sp³-hybridized carbons (Fsp3) is 0.267. The Morgan fingerprint density at radius 3 is 3.17 bits per heavy atom. The second kappa shape index (κ2) is 5.54. The zero-order valence-electron chi connectivity index (χ0n) is 20.5. The van der Waals surface area contributed by atoms with Crippen LogP contribution in [0.4, 0.5) is 0 Å². The van der Waals surface area contributed by atoms with E-state index >= 15 is 0 Å². The largest absolute Gasteiger partial charge is 0.497 e. The van der Waals surface area contributed by atoms with Gasteiger partial charge in [-0.15, -0.1) is 0 Å². The van der Waals surface area contributed by atoms with Crippen molar-refractivity contribution in [3.8, 4) is 5.75 Å². The van der Waals surface area contributed by atoms with Gasteiger partial charge >= 0.3 is 0 Å². The van der Waals surface area contributed by atoms with Crippen molar-refractivity contribution in [3.63, 3.8) is 0 Å². The van der Waals surface area contributed by atoms with Crippen LogP contribution in [0.2, 0.25) is 0 Å². The monoisotopic (exact) mass is 254 g/mol. The minimum Gasteiger partial charge on any atom is -0.497 e. The van der Waals surface area contributed by atoms with Crippen LogP contribution in [-0.2, 0) is 11.2 Å². The van der Waals surface area contributed by atoms with Gasteiger partial charge in [0, 0.05) is 16.2 Å². The molecule has 0 fully saturated rings. The van der Waals surface area contributed by atoms with E-state index in [0.29, 0.717) is 0 Å². The van der Waals surface area contributed by atoms with E-state index in [1.165, 1.54) is 0 Å². The average Bonchev–Trinajstić information content (AvgIpc) is 2.58. The van der Waals surface area contributed by atoms with Gasteiger partial charge in [0.25, 0.3) is 0 Å². The highest BCUT2D eigenvalue weighted by atomic mass is 16.5. The molecule has 94 valence electrons. The molecule has 0 aliphatic heterocycles. The van der Waals surface area contributed by atoms with Crippen LogP contribution in [0.15, 0.2) is 36.3 Å². The van der Waals surface area contributed by atoms with Crippen LogP contribution in [0.1, 0.15) is 27.6 Å². The number of fused-ring (bicyclic) bond motifs is 1. The first kappa shape index (κ1) is 4.57. The molecule has 2 aromatic carbocycles. The number of benzene rings is 2. The Morgan fingerprint density at radius 1 is 1.50 bits per heavy atom. The smallest absolute Gasteiger partial charge is 0.216 e. The lowest BCUT2D eigenvalue weighted by molar-refractivity contribution is -0.118. The molecule has 0 heterocycles. The van der Waals surface area contributed by atoms with Gasteiger partial charge < -0.3 is 10.1 Å². The number of ether oxygens (including phenoxy) is 1. The van der Waals surface area contributed by atoms with Crippen molar-refractivity contribution in [2.75, 3.05) is 13.6 Å². The number of carbonyl (C=O) groups is 1. The first-order chi connectivity index (χ1) is 13.1. The summed E-state index contributed by atoms with van der Waals surface area (Å²) in [4.78, 5) is 11.2. The highest BCUT2D eigenvalue weighted by Crippen LogP contribution is 2.24. The van der Waals surface area contributed by atoms with Crippen molar-refractivity contribution in [2.45, 2.75) is 13.3 Å². The Hall–Kier alpha value is -2.03. The van der Waals surface area contributed by atoms with Gasteiger partial charge in [-0.3, -0.25) is 4.79 Å². The highest BCUT2D eigenvalue weighted by molar-refractivity contribution is 5.87. The molecule has 2 aromatic rings. The zero-order chi connectivity index (χ0) is 22.5. The van der Waals surface area contributed by atoms with Crippen molar-refractivity contribution in [1.82, 2.24) is 5.32 Å². The molecule has 0 aromatic heterocycles. The molecule has 2 rings (SSSR count). The van der Waals surface area contributed by atoms with Gasteiger partial charge in [0.15, 0.2) is 0 Å². The van der Waals surface area contributed by atoms with Gasteiger partial charge in [-0.1, -0.05) is 24.2 Å². The molecule has 0 atom stereocenters. The van der Waals surface area contributed by atoms with Gasteiger partial charge in [0.05, 0.1) is 19.4 Å². The second-order valence-electron chi connectivity index (χ2n) is 3.39. The average molecular weight is 254 g/mol. The number of rotatable bonds is 4. The van der Waals surface area contributed by atoms with Crippen LogP contribution in [0.3, 0.4) is 0 Å². The molecule has 0 saturated carbocycles. The van der Waals surface area contributed by atoms with Crippen LogP contribution in [0, 0.1) is 0 Å². The predicted octanol–water partition coefficient (Wildman–Crippen LogP) is 2.53. The predicted molar refractivity (Wildman–Crippen MR) is 72.9 cm³/mol. The van der Waals surface area contributed by atoms with Crippen molar-refractivity contribution >= 4 is 16.7 Å². The van der Waals surface area contributed by atoms with Gasteiger partial charge in [0.1, 0.15) is 5.75 Å². The normalized spacial score (nSPS) is 20.6. The van der Waals surface area contributed by atoms with Crippen LogP contribution < -0.4 is 10.1 Å². The SMILES string of the molecule is [2H]c1c([2H])c(C([2H])([2H])CNC(C)=O)c2c([2H])c(OC([2H])([2H])[2H])c([2H])c([2H])c2c1[2H]. The van der Waals surface area contributed by atoms with Crippen molar-refractivity contribution in [2.24, 2.45) is 0 Å². The molecule has 0 aliphatic rings. The number of hydrogen-bond acceptors (Lipinski definition) is 2. The number of methoxy groups -OCH3 is 1. The molecule has 0 aliphatic carbocycles. The lowest BCUT2D eigenvalue weighted by Gasteiger charge is -2.08. The van der Waals surface area contributed by atoms with Gasteiger partial charge in [0.2, 0.25) is 5.91 Å². The summed E-state index contributed by atoms with van der Waals surface area (Å²) >= 11 is 0. The molecule has 0 radical (unpaired) electrons. The Kier molecular flexibility index (Phi) is 1.41. The first-order valence-corrected chi connectivity index (χ1v) is 5.07. The summed E-state index contributed by atoms with van der Waals surface area (Å²) in [7, 11) is -3.07. The van der Waals surface area contributed by atoms with Crippen molar-refractivity contribution in [3.05, 3.63) is 41.8 Å². The van der Waals surface area contributed by atoms with E-state index < -0.39 is 84.2 Å². The maximum Gasteiger partial charge on any atom is 0.216 e. The minimum atomic E-state index is -3.07. The van der Waals surface area contributed by atoms with E-state index in [2.05, 4.69) is 10.1 Å². The highest BCUT2D eigenvalue weighted by Gasteiger charge is 2.03. The summed E-state index contributed by atoms with van der Waals surface area (Å²) in [6.45, 7) is 0.510. The number of nitrogens with one attached hydrogen (secondary N) is 1. The van der Waals surface area contributed by atoms with E-state index in [1.807, 2.05) is 0 Å². The first-order valence-electron chi connectivity index (χ1n) is 10.6. The second-order valence-corrected chi connectivity index (χ2v) is 3.39. The maximum atomic E-state index is 11.2. The van der Waals surface area contributed by atoms with E-state index in [9.17, 15) is 4.79 Å². The molecule has 1 amide bonds. The summed E-state index contributed by atoms with van der Waals surface area (Å²) < 4.78 is 91.3. The van der Waals surface area contributed by atoms with E-state index in [0.717, 1.165) is 6.92 Å². The van der Waals surface area contributed by atoms with E-state index in [-0.39, 0.29) is 0 Å². The molecule has 0 spiro atoms. The minimum absolute atomic E-state index is 0.444. The number of carbonyl (C=O) groups excluding carboxylic acids is 1. The summed E-state index contributed by atoms with van der Waals surface area (Å²) in [6, 6.07) is -4.47. The molecule has 0 saturated heterocycles. The molecule has 0 unspecified atom stereocenters. The van der Waals surface area contributed by atoms with Crippen LogP contribution in [0.5, 0.6) is 5.75 Å². The summed E-state index contributed by atoms with van der Waals surface area (Å²) in [5.41, 5.74) is -0.573. The third kappa shape index (κ3) is 2.80. The van der Waals surface area contributed by atoms with E-state index in [4.69, 9.17) is 15.1 Å². The zero-order valence-corrected chi connectivity index (χ0v) is 9.52. The molecule has 18 heavy (non-hydrogen) atoms. The van der Waals surface area contributed by atoms with Gasteiger partial charge in [-0.05, 0) is 34.8 Å². The summed E-state index contributed by atoms with van der Waals surface area (Å²) in [5, 5.41) is 1.31. The molecule has 1 N–H and O–H groups in total. The third-order valence-corrected chi connectivity index (χ3v) is 2.12. The lowest BCUT2D eigenvalue weighted by atomic mass is 10.0. The lowest BCUT2D eigenvalue weighted by Crippen LogP contribution is -2.22. The quantitative estimate of drug-likeness (QED) is 0.910. The Balaban J connectivity index is 3.02. The molecule has 3 nitrogen and oxygen atoms in total. The topological polar surface area (TPSA) is 38.3 Å². The van der Waals surface area contributed by atoms with Crippen molar-refractivity contribution < 1.29 is 24.6 Å². The van der Waals surface area contributed by atoms with Crippen LogP contribution in [-0.4, -0.2) is 19.5 Å². The van der Waals surface area contributed by atoms with Gasteiger partial charge in [-0.2, -0.15) is 0 Å². The fourth-order valence-electron chi connectivity index (χ4n) is 1.33. The Labute approximate surface area is 122 Å². The van der Waals surface area contributed by atoms with E-state index in [1.54, 1.807) is 0 Å². The molecule has 0 bridgehead atoms. The molecular weight excluding hydrogens is 226 g/mol. The molecular formula is C15H17NO2. The number of amides is 1. The maximum absolute atomic E-state index is 11.2. The fourth-order valence-corrected chi connectivity index (χ4v) is 1.33.